The van der Waals surface area contributed by atoms with Crippen LogP contribution in [-0.2, 0) is 13.0 Å². The van der Waals surface area contributed by atoms with Gasteiger partial charge in [0.1, 0.15) is 5.69 Å². The Labute approximate surface area is 180 Å². The third kappa shape index (κ3) is 3.52. The molecule has 1 aromatic carbocycles. The molecule has 2 aromatic rings. The number of imidazole rings is 1. The van der Waals surface area contributed by atoms with Crippen LogP contribution in [-0.4, -0.2) is 40.0 Å². The van der Waals surface area contributed by atoms with Crippen molar-refractivity contribution in [3.63, 3.8) is 0 Å². The summed E-state index contributed by atoms with van der Waals surface area (Å²) in [5, 5.41) is 0. The van der Waals surface area contributed by atoms with Gasteiger partial charge in [0.15, 0.2) is 0 Å². The standard InChI is InChI=1S/C25H34N4O/c1-5-21-23(24(30)27(14-19-6-7-19)15-20-8-9-20)29-11-10-28(25(29)26-21)22-17(3)12-16(2)13-18(22)4/h12-13,19-20H,5-11,14-15H2,1-4H3. The summed E-state index contributed by atoms with van der Waals surface area (Å²) in [6.45, 7) is 12.2. The lowest BCUT2D eigenvalue weighted by Crippen LogP contribution is -2.36. The predicted molar refractivity (Wildman–Crippen MR) is 121 cm³/mol. The van der Waals surface area contributed by atoms with Crippen molar-refractivity contribution in [3.8, 4) is 0 Å². The van der Waals surface area contributed by atoms with Gasteiger partial charge in [-0.3, -0.25) is 4.79 Å². The monoisotopic (exact) mass is 406 g/mol. The molecular weight excluding hydrogens is 372 g/mol. The van der Waals surface area contributed by atoms with Crippen LogP contribution in [0.1, 0.15) is 65.5 Å². The van der Waals surface area contributed by atoms with E-state index in [9.17, 15) is 4.79 Å². The van der Waals surface area contributed by atoms with E-state index in [2.05, 4.69) is 54.2 Å². The first-order valence-electron chi connectivity index (χ1n) is 11.7. The van der Waals surface area contributed by atoms with E-state index in [0.29, 0.717) is 11.8 Å². The van der Waals surface area contributed by atoms with Crippen LogP contribution in [0.3, 0.4) is 0 Å². The second kappa shape index (κ2) is 7.44. The normalized spacial score (nSPS) is 18.1. The minimum atomic E-state index is 0.212. The average Bonchev–Trinajstić information content (AvgIpc) is 3.61. The van der Waals surface area contributed by atoms with E-state index in [1.165, 1.54) is 48.1 Å². The van der Waals surface area contributed by atoms with E-state index in [1.54, 1.807) is 0 Å². The molecule has 0 unspecified atom stereocenters. The van der Waals surface area contributed by atoms with E-state index >= 15 is 0 Å². The van der Waals surface area contributed by atoms with Crippen molar-refractivity contribution in [2.24, 2.45) is 11.8 Å². The Balaban J connectivity index is 1.51. The lowest BCUT2D eigenvalue weighted by Gasteiger charge is -2.23. The summed E-state index contributed by atoms with van der Waals surface area (Å²) in [4.78, 5) is 23.2. The van der Waals surface area contributed by atoms with Crippen LogP contribution in [0.15, 0.2) is 12.1 Å². The van der Waals surface area contributed by atoms with Gasteiger partial charge >= 0.3 is 0 Å². The second-order valence-corrected chi connectivity index (χ2v) is 9.71. The number of hydrogen-bond acceptors (Lipinski definition) is 3. The zero-order valence-corrected chi connectivity index (χ0v) is 18.9. The molecule has 0 bridgehead atoms. The number of fused-ring (bicyclic) bond motifs is 1. The van der Waals surface area contributed by atoms with Gasteiger partial charge in [-0.1, -0.05) is 24.6 Å². The molecule has 30 heavy (non-hydrogen) atoms. The highest BCUT2D eigenvalue weighted by Gasteiger charge is 2.37. The van der Waals surface area contributed by atoms with Gasteiger partial charge in [0, 0.05) is 31.9 Å². The highest BCUT2D eigenvalue weighted by Crippen LogP contribution is 2.38. The SMILES string of the molecule is CCc1nc2n(c1C(=O)N(CC1CC1)CC1CC1)CCN2c1c(C)cc(C)cc1C. The third-order valence-corrected chi connectivity index (χ3v) is 6.89. The summed E-state index contributed by atoms with van der Waals surface area (Å²) in [7, 11) is 0. The molecule has 5 heteroatoms. The predicted octanol–water partition coefficient (Wildman–Crippen LogP) is 4.78. The summed E-state index contributed by atoms with van der Waals surface area (Å²) in [5.74, 6) is 2.59. The molecule has 0 saturated heterocycles. The number of aryl methyl sites for hydroxylation is 4. The van der Waals surface area contributed by atoms with Gasteiger partial charge < -0.3 is 14.4 Å². The van der Waals surface area contributed by atoms with Gasteiger partial charge in [-0.25, -0.2) is 4.98 Å². The fourth-order valence-electron chi connectivity index (χ4n) is 5.12. The molecule has 2 fully saturated rings. The smallest absolute Gasteiger partial charge is 0.272 e. The minimum absolute atomic E-state index is 0.212. The maximum Gasteiger partial charge on any atom is 0.272 e. The van der Waals surface area contributed by atoms with Crippen LogP contribution < -0.4 is 4.90 Å². The molecule has 1 aliphatic heterocycles. The largest absolute Gasteiger partial charge is 0.337 e. The molecule has 0 atom stereocenters. The van der Waals surface area contributed by atoms with Gasteiger partial charge in [-0.2, -0.15) is 0 Å². The third-order valence-electron chi connectivity index (χ3n) is 6.89. The van der Waals surface area contributed by atoms with E-state index in [4.69, 9.17) is 4.98 Å². The van der Waals surface area contributed by atoms with E-state index < -0.39 is 0 Å². The number of anilines is 2. The molecule has 2 saturated carbocycles. The number of benzene rings is 1. The first-order chi connectivity index (χ1) is 14.5. The molecule has 2 aliphatic carbocycles. The number of hydrogen-bond donors (Lipinski definition) is 0. The molecule has 2 heterocycles. The Hall–Kier alpha value is -2.30. The fraction of sp³-hybridized carbons (Fsp3) is 0.600. The van der Waals surface area contributed by atoms with E-state index in [1.807, 2.05) is 0 Å². The Morgan fingerprint density at radius 1 is 1.03 bits per heavy atom. The summed E-state index contributed by atoms with van der Waals surface area (Å²) in [5.41, 5.74) is 6.89. The number of rotatable bonds is 7. The maximum absolute atomic E-state index is 13.7. The van der Waals surface area contributed by atoms with Crippen LogP contribution in [0.25, 0.3) is 0 Å². The molecule has 0 spiro atoms. The first kappa shape index (κ1) is 19.7. The molecule has 0 N–H and O–H groups in total. The number of carbonyl (C=O) groups excluding carboxylic acids is 1. The van der Waals surface area contributed by atoms with Crippen molar-refractivity contribution in [2.45, 2.75) is 66.3 Å². The molecule has 1 amide bonds. The van der Waals surface area contributed by atoms with Crippen LogP contribution >= 0.6 is 0 Å². The van der Waals surface area contributed by atoms with Crippen LogP contribution in [0.4, 0.5) is 11.6 Å². The van der Waals surface area contributed by atoms with Crippen molar-refractivity contribution in [1.82, 2.24) is 14.5 Å². The van der Waals surface area contributed by atoms with Gasteiger partial charge in [0.25, 0.3) is 5.91 Å². The Bertz CT molecular complexity index is 946. The van der Waals surface area contributed by atoms with Gasteiger partial charge in [0.2, 0.25) is 5.95 Å². The lowest BCUT2D eigenvalue weighted by molar-refractivity contribution is 0.0728. The Kier molecular flexibility index (Phi) is 4.87. The van der Waals surface area contributed by atoms with Gasteiger partial charge in [0.05, 0.1) is 5.69 Å². The second-order valence-electron chi connectivity index (χ2n) is 9.71. The van der Waals surface area contributed by atoms with Gasteiger partial charge in [-0.05, 0) is 75.8 Å². The minimum Gasteiger partial charge on any atom is -0.337 e. The van der Waals surface area contributed by atoms with Crippen LogP contribution in [0.2, 0.25) is 0 Å². The van der Waals surface area contributed by atoms with Crippen LogP contribution in [0, 0.1) is 32.6 Å². The topological polar surface area (TPSA) is 41.4 Å². The van der Waals surface area contributed by atoms with Crippen molar-refractivity contribution in [1.29, 1.82) is 0 Å². The zero-order chi connectivity index (χ0) is 21.0. The van der Waals surface area contributed by atoms with Crippen molar-refractivity contribution >= 4 is 17.5 Å². The molecule has 0 radical (unpaired) electrons. The lowest BCUT2D eigenvalue weighted by atomic mass is 10.0. The number of carbonyl (C=O) groups is 1. The zero-order valence-electron chi connectivity index (χ0n) is 18.9. The van der Waals surface area contributed by atoms with Gasteiger partial charge in [-0.15, -0.1) is 0 Å². The Morgan fingerprint density at radius 2 is 1.63 bits per heavy atom. The first-order valence-corrected chi connectivity index (χ1v) is 11.7. The van der Waals surface area contributed by atoms with Crippen molar-refractivity contribution in [2.75, 3.05) is 24.5 Å². The molecule has 5 rings (SSSR count). The quantitative estimate of drug-likeness (QED) is 0.664. The highest BCUT2D eigenvalue weighted by molar-refractivity contribution is 5.95. The summed E-state index contributed by atoms with van der Waals surface area (Å²) in [6, 6.07) is 4.49. The van der Waals surface area contributed by atoms with Crippen molar-refractivity contribution < 1.29 is 4.79 Å². The number of aromatic nitrogens is 2. The summed E-state index contributed by atoms with van der Waals surface area (Å²) >= 11 is 0. The fourth-order valence-corrected chi connectivity index (χ4v) is 5.12. The molecule has 5 nitrogen and oxygen atoms in total. The number of nitrogens with zero attached hydrogens (tertiary/aromatic N) is 4. The average molecular weight is 407 g/mol. The maximum atomic E-state index is 13.7. The van der Waals surface area contributed by atoms with E-state index in [-0.39, 0.29) is 5.91 Å². The Morgan fingerprint density at radius 3 is 2.17 bits per heavy atom. The van der Waals surface area contributed by atoms with Crippen LogP contribution in [0.5, 0.6) is 0 Å². The number of amides is 1. The molecule has 3 aliphatic rings. The molecular formula is C25H34N4O. The highest BCUT2D eigenvalue weighted by atomic mass is 16.2. The summed E-state index contributed by atoms with van der Waals surface area (Å²) < 4.78 is 2.20. The molecule has 160 valence electrons. The molecule has 1 aromatic heterocycles. The van der Waals surface area contributed by atoms with E-state index in [0.717, 1.165) is 49.9 Å². The van der Waals surface area contributed by atoms with Crippen molar-refractivity contribution in [3.05, 3.63) is 40.2 Å². The summed E-state index contributed by atoms with van der Waals surface area (Å²) in [6.07, 6.45) is 5.90.